The van der Waals surface area contributed by atoms with Gasteiger partial charge in [0.05, 0.1) is 17.2 Å². The van der Waals surface area contributed by atoms with Crippen LogP contribution in [0.15, 0.2) is 18.2 Å². The second kappa shape index (κ2) is 5.95. The Bertz CT molecular complexity index is 597. The van der Waals surface area contributed by atoms with Crippen molar-refractivity contribution in [2.75, 3.05) is 18.4 Å². The number of amides is 2. The van der Waals surface area contributed by atoms with Crippen LogP contribution in [0.4, 0.5) is 5.69 Å². The number of aryl methyl sites for hydroxylation is 1. The standard InChI is InChI=1S/C15H18N2O4/c1-3-17-8-10(7-13(17)18)14(19)16-12-5-4-9(2)6-11(12)15(20)21/h4-6,10H,3,7-8H2,1-2H3,(H,16,19)(H,20,21). The molecule has 1 aliphatic rings. The molecule has 0 aromatic heterocycles. The van der Waals surface area contributed by atoms with Gasteiger partial charge < -0.3 is 15.3 Å². The van der Waals surface area contributed by atoms with Gasteiger partial charge in [0.25, 0.3) is 0 Å². The monoisotopic (exact) mass is 290 g/mol. The molecule has 2 rings (SSSR count). The van der Waals surface area contributed by atoms with Gasteiger partial charge in [0.2, 0.25) is 11.8 Å². The van der Waals surface area contributed by atoms with Gasteiger partial charge in [-0.3, -0.25) is 9.59 Å². The van der Waals surface area contributed by atoms with E-state index in [9.17, 15) is 19.5 Å². The number of carbonyl (C=O) groups is 3. The van der Waals surface area contributed by atoms with E-state index in [0.717, 1.165) is 5.56 Å². The first kappa shape index (κ1) is 15.0. The Morgan fingerprint density at radius 3 is 2.71 bits per heavy atom. The molecule has 1 atom stereocenters. The van der Waals surface area contributed by atoms with Crippen molar-refractivity contribution in [1.82, 2.24) is 4.90 Å². The summed E-state index contributed by atoms with van der Waals surface area (Å²) in [5.41, 5.74) is 1.12. The average Bonchev–Trinajstić information content (AvgIpc) is 2.81. The minimum atomic E-state index is -1.09. The zero-order valence-electron chi connectivity index (χ0n) is 12.0. The van der Waals surface area contributed by atoms with Crippen molar-refractivity contribution >= 4 is 23.5 Å². The van der Waals surface area contributed by atoms with Gasteiger partial charge in [-0.05, 0) is 26.0 Å². The Hall–Kier alpha value is -2.37. The van der Waals surface area contributed by atoms with Crippen LogP contribution in [0, 0.1) is 12.8 Å². The first-order valence-corrected chi connectivity index (χ1v) is 6.85. The fourth-order valence-corrected chi connectivity index (χ4v) is 2.43. The van der Waals surface area contributed by atoms with Gasteiger partial charge >= 0.3 is 5.97 Å². The Labute approximate surface area is 122 Å². The van der Waals surface area contributed by atoms with Crippen LogP contribution in [-0.4, -0.2) is 40.9 Å². The van der Waals surface area contributed by atoms with E-state index in [4.69, 9.17) is 0 Å². The summed E-state index contributed by atoms with van der Waals surface area (Å²) in [6, 6.07) is 4.82. The summed E-state index contributed by atoms with van der Waals surface area (Å²) in [6.07, 6.45) is 0.175. The fourth-order valence-electron chi connectivity index (χ4n) is 2.43. The van der Waals surface area contributed by atoms with Crippen LogP contribution in [0.3, 0.4) is 0 Å². The number of likely N-dealkylation sites (tertiary alicyclic amines) is 1. The van der Waals surface area contributed by atoms with Crippen molar-refractivity contribution in [3.05, 3.63) is 29.3 Å². The molecule has 0 spiro atoms. The number of benzene rings is 1. The minimum Gasteiger partial charge on any atom is -0.478 e. The summed E-state index contributed by atoms with van der Waals surface area (Å²) in [6.45, 7) is 4.61. The zero-order chi connectivity index (χ0) is 15.6. The van der Waals surface area contributed by atoms with E-state index in [1.807, 2.05) is 6.92 Å². The number of nitrogens with one attached hydrogen (secondary N) is 1. The molecule has 2 amide bonds. The normalized spacial score (nSPS) is 17.9. The molecule has 1 unspecified atom stereocenters. The van der Waals surface area contributed by atoms with Crippen molar-refractivity contribution in [3.8, 4) is 0 Å². The highest BCUT2D eigenvalue weighted by Gasteiger charge is 2.33. The highest BCUT2D eigenvalue weighted by molar-refractivity contribution is 6.02. The van der Waals surface area contributed by atoms with Crippen molar-refractivity contribution < 1.29 is 19.5 Å². The molecule has 0 saturated carbocycles. The molecule has 1 aromatic carbocycles. The Balaban J connectivity index is 2.14. The van der Waals surface area contributed by atoms with Crippen LogP contribution in [0.2, 0.25) is 0 Å². The number of carboxylic acid groups (broad SMARTS) is 1. The van der Waals surface area contributed by atoms with E-state index in [2.05, 4.69) is 5.32 Å². The summed E-state index contributed by atoms with van der Waals surface area (Å²) < 4.78 is 0. The molecule has 112 valence electrons. The van der Waals surface area contributed by atoms with Crippen molar-refractivity contribution in [1.29, 1.82) is 0 Å². The van der Waals surface area contributed by atoms with Gasteiger partial charge in [0.15, 0.2) is 0 Å². The van der Waals surface area contributed by atoms with Gasteiger partial charge in [0, 0.05) is 19.5 Å². The third kappa shape index (κ3) is 3.21. The number of anilines is 1. The summed E-state index contributed by atoms with van der Waals surface area (Å²) in [5.74, 6) is -1.88. The molecular formula is C15H18N2O4. The molecule has 6 heteroatoms. The molecule has 21 heavy (non-hydrogen) atoms. The lowest BCUT2D eigenvalue weighted by atomic mass is 10.1. The number of carboxylic acids is 1. The van der Waals surface area contributed by atoms with Crippen molar-refractivity contribution in [2.45, 2.75) is 20.3 Å². The van der Waals surface area contributed by atoms with Gasteiger partial charge in [0.1, 0.15) is 0 Å². The van der Waals surface area contributed by atoms with Crippen LogP contribution in [-0.2, 0) is 9.59 Å². The molecule has 1 fully saturated rings. The SMILES string of the molecule is CCN1CC(C(=O)Nc2ccc(C)cc2C(=O)O)CC1=O. The second-order valence-electron chi connectivity index (χ2n) is 5.18. The molecule has 1 heterocycles. The van der Waals surface area contributed by atoms with Gasteiger partial charge in [-0.1, -0.05) is 11.6 Å². The topological polar surface area (TPSA) is 86.7 Å². The first-order chi connectivity index (χ1) is 9.92. The van der Waals surface area contributed by atoms with E-state index in [-0.39, 0.29) is 29.5 Å². The predicted octanol–water partition coefficient (Wildman–Crippen LogP) is 1.50. The summed E-state index contributed by atoms with van der Waals surface area (Å²) in [4.78, 5) is 36.7. The van der Waals surface area contributed by atoms with Crippen molar-refractivity contribution in [3.63, 3.8) is 0 Å². The maximum Gasteiger partial charge on any atom is 0.337 e. The molecule has 1 saturated heterocycles. The Morgan fingerprint density at radius 1 is 1.43 bits per heavy atom. The molecule has 2 N–H and O–H groups in total. The maximum atomic E-state index is 12.2. The van der Waals surface area contributed by atoms with E-state index in [1.165, 1.54) is 6.07 Å². The average molecular weight is 290 g/mol. The van der Waals surface area contributed by atoms with Crippen LogP contribution in [0.25, 0.3) is 0 Å². The Kier molecular flexibility index (Phi) is 4.26. The van der Waals surface area contributed by atoms with Crippen LogP contribution in [0.1, 0.15) is 29.3 Å². The van der Waals surface area contributed by atoms with Gasteiger partial charge in [-0.15, -0.1) is 0 Å². The van der Waals surface area contributed by atoms with E-state index < -0.39 is 11.9 Å². The molecular weight excluding hydrogens is 272 g/mol. The second-order valence-corrected chi connectivity index (χ2v) is 5.18. The van der Waals surface area contributed by atoms with Gasteiger partial charge in [-0.2, -0.15) is 0 Å². The lowest BCUT2D eigenvalue weighted by Gasteiger charge is -2.14. The molecule has 6 nitrogen and oxygen atoms in total. The molecule has 0 radical (unpaired) electrons. The molecule has 1 aromatic rings. The van der Waals surface area contributed by atoms with Crippen LogP contribution in [0.5, 0.6) is 0 Å². The van der Waals surface area contributed by atoms with Crippen LogP contribution >= 0.6 is 0 Å². The van der Waals surface area contributed by atoms with E-state index >= 15 is 0 Å². The highest BCUT2D eigenvalue weighted by Crippen LogP contribution is 2.22. The first-order valence-electron chi connectivity index (χ1n) is 6.85. The minimum absolute atomic E-state index is 0.0417. The molecule has 1 aliphatic heterocycles. The lowest BCUT2D eigenvalue weighted by Crippen LogP contribution is -2.28. The zero-order valence-corrected chi connectivity index (χ0v) is 12.0. The number of aromatic carboxylic acids is 1. The summed E-state index contributed by atoms with van der Waals surface area (Å²) in [7, 11) is 0. The summed E-state index contributed by atoms with van der Waals surface area (Å²) in [5, 5.41) is 11.8. The third-order valence-electron chi connectivity index (χ3n) is 3.63. The number of nitrogens with zero attached hydrogens (tertiary/aromatic N) is 1. The number of hydrogen-bond donors (Lipinski definition) is 2. The lowest BCUT2D eigenvalue weighted by molar-refractivity contribution is -0.128. The summed E-state index contributed by atoms with van der Waals surface area (Å²) >= 11 is 0. The maximum absolute atomic E-state index is 12.2. The fraction of sp³-hybridized carbons (Fsp3) is 0.400. The largest absolute Gasteiger partial charge is 0.478 e. The van der Waals surface area contributed by atoms with Gasteiger partial charge in [-0.25, -0.2) is 4.79 Å². The predicted molar refractivity (Wildman–Crippen MR) is 77.1 cm³/mol. The smallest absolute Gasteiger partial charge is 0.337 e. The third-order valence-corrected chi connectivity index (χ3v) is 3.63. The molecule has 0 aliphatic carbocycles. The molecule has 0 bridgehead atoms. The van der Waals surface area contributed by atoms with Crippen LogP contribution < -0.4 is 5.32 Å². The number of rotatable bonds is 4. The Morgan fingerprint density at radius 2 is 2.14 bits per heavy atom. The van der Waals surface area contributed by atoms with Crippen molar-refractivity contribution in [2.24, 2.45) is 5.92 Å². The number of hydrogen-bond acceptors (Lipinski definition) is 3. The van der Waals surface area contributed by atoms with E-state index in [0.29, 0.717) is 13.1 Å². The number of carbonyl (C=O) groups excluding carboxylic acids is 2. The van der Waals surface area contributed by atoms with E-state index in [1.54, 1.807) is 24.0 Å². The highest BCUT2D eigenvalue weighted by atomic mass is 16.4. The quantitative estimate of drug-likeness (QED) is 0.879.